The number of rotatable bonds is 9. The standard InChI is InChI=1S/C32H26F6N6O2/c33-31(34,35)22-16-23(32(36,37)38)18-24(17-22)42-30(46)41-12-5-11-39-28-15-20(10-13-40-28)27-19-44(25-7-2-1-3-8-25)43-29(27)21-6-4-9-26(45)14-21/h1-4,6-10,13-19,45H,5,11-12H2,(H,39,40)(H2,41,42,46). The van der Waals surface area contributed by atoms with Gasteiger partial charge in [-0.05, 0) is 66.6 Å². The number of carbonyl (C=O) groups excluding carboxylic acids is 1. The zero-order valence-electron chi connectivity index (χ0n) is 23.8. The van der Waals surface area contributed by atoms with E-state index in [-0.39, 0.29) is 18.4 Å². The van der Waals surface area contributed by atoms with Crippen LogP contribution in [-0.2, 0) is 12.4 Å². The number of anilines is 2. The van der Waals surface area contributed by atoms with E-state index in [2.05, 4.69) is 15.6 Å². The highest BCUT2D eigenvalue weighted by atomic mass is 19.4. The van der Waals surface area contributed by atoms with Gasteiger partial charge in [-0.3, -0.25) is 0 Å². The topological polar surface area (TPSA) is 104 Å². The molecule has 0 atom stereocenters. The molecule has 0 unspecified atom stereocenters. The minimum atomic E-state index is -5.03. The summed E-state index contributed by atoms with van der Waals surface area (Å²) in [7, 11) is 0. The van der Waals surface area contributed by atoms with E-state index in [1.807, 2.05) is 60.0 Å². The number of alkyl halides is 6. The number of carbonyl (C=O) groups is 1. The maximum Gasteiger partial charge on any atom is 0.416 e. The highest BCUT2D eigenvalue weighted by molar-refractivity contribution is 5.89. The second kappa shape index (κ2) is 13.2. The molecule has 0 aliphatic rings. The first-order valence-electron chi connectivity index (χ1n) is 13.9. The quantitative estimate of drug-likeness (QED) is 0.0967. The van der Waals surface area contributed by atoms with Gasteiger partial charge in [-0.1, -0.05) is 30.3 Å². The molecule has 0 fully saturated rings. The molecule has 5 rings (SSSR count). The summed E-state index contributed by atoms with van der Waals surface area (Å²) < 4.78 is 80.2. The lowest BCUT2D eigenvalue weighted by atomic mass is 10.0. The number of para-hydroxylation sites is 1. The zero-order valence-corrected chi connectivity index (χ0v) is 23.8. The third-order valence-corrected chi connectivity index (χ3v) is 6.72. The molecule has 0 aliphatic heterocycles. The Kier molecular flexibility index (Phi) is 9.16. The normalized spacial score (nSPS) is 11.7. The smallest absolute Gasteiger partial charge is 0.416 e. The third kappa shape index (κ3) is 7.94. The third-order valence-electron chi connectivity index (χ3n) is 6.72. The van der Waals surface area contributed by atoms with Crippen molar-refractivity contribution in [3.63, 3.8) is 0 Å². The Morgan fingerprint density at radius 3 is 2.20 bits per heavy atom. The van der Waals surface area contributed by atoms with Gasteiger partial charge in [-0.15, -0.1) is 0 Å². The number of phenolic OH excluding ortho intramolecular Hbond substituents is 1. The molecule has 2 aromatic heterocycles. The Labute approximate surface area is 258 Å². The molecule has 0 aliphatic carbocycles. The summed E-state index contributed by atoms with van der Waals surface area (Å²) >= 11 is 0. The molecular weight excluding hydrogens is 614 g/mol. The van der Waals surface area contributed by atoms with E-state index < -0.39 is 35.2 Å². The average molecular weight is 641 g/mol. The van der Waals surface area contributed by atoms with E-state index in [0.29, 0.717) is 42.2 Å². The van der Waals surface area contributed by atoms with Crippen molar-refractivity contribution in [2.75, 3.05) is 23.7 Å². The number of aromatic nitrogens is 3. The molecule has 5 aromatic rings. The Balaban J connectivity index is 1.22. The number of benzene rings is 3. The van der Waals surface area contributed by atoms with Crippen LogP contribution in [0, 0.1) is 0 Å². The molecule has 14 heteroatoms. The summed E-state index contributed by atoms with van der Waals surface area (Å²) in [5, 5.41) is 22.4. The first-order valence-corrected chi connectivity index (χ1v) is 13.9. The SMILES string of the molecule is O=C(NCCCNc1cc(-c2cn(-c3ccccc3)nc2-c2cccc(O)c2)ccn1)Nc1cc(C(F)(F)F)cc(C(F)(F)F)c1. The van der Waals surface area contributed by atoms with Gasteiger partial charge in [0, 0.05) is 42.3 Å². The van der Waals surface area contributed by atoms with Gasteiger partial charge in [0.25, 0.3) is 0 Å². The van der Waals surface area contributed by atoms with Crippen molar-refractivity contribution in [2.24, 2.45) is 0 Å². The molecule has 2 heterocycles. The maximum atomic E-state index is 13.1. The fraction of sp³-hybridized carbons (Fsp3) is 0.156. The number of hydrogen-bond donors (Lipinski definition) is 4. The van der Waals surface area contributed by atoms with Crippen molar-refractivity contribution < 1.29 is 36.2 Å². The van der Waals surface area contributed by atoms with Gasteiger partial charge < -0.3 is 21.1 Å². The van der Waals surface area contributed by atoms with Crippen molar-refractivity contribution >= 4 is 17.5 Å². The number of amides is 2. The number of pyridine rings is 1. The monoisotopic (exact) mass is 640 g/mol. The average Bonchev–Trinajstić information content (AvgIpc) is 3.46. The molecule has 8 nitrogen and oxygen atoms in total. The number of urea groups is 1. The van der Waals surface area contributed by atoms with Crippen LogP contribution < -0.4 is 16.0 Å². The van der Waals surface area contributed by atoms with Crippen LogP contribution in [0.4, 0.5) is 42.6 Å². The van der Waals surface area contributed by atoms with E-state index in [9.17, 15) is 36.2 Å². The number of halogens is 6. The summed E-state index contributed by atoms with van der Waals surface area (Å²) in [6, 6.07) is 19.8. The molecule has 0 radical (unpaired) electrons. The summed E-state index contributed by atoms with van der Waals surface area (Å²) in [4.78, 5) is 16.5. The molecule has 0 saturated heterocycles. The first kappa shape index (κ1) is 31.9. The molecule has 46 heavy (non-hydrogen) atoms. The number of nitrogens with one attached hydrogen (secondary N) is 3. The van der Waals surface area contributed by atoms with Gasteiger partial charge in [0.15, 0.2) is 0 Å². The van der Waals surface area contributed by atoms with Crippen LogP contribution >= 0.6 is 0 Å². The fourth-order valence-corrected chi connectivity index (χ4v) is 4.57. The molecular formula is C32H26F6N6O2. The molecule has 0 spiro atoms. The van der Waals surface area contributed by atoms with E-state index in [1.54, 1.807) is 29.1 Å². The highest BCUT2D eigenvalue weighted by Crippen LogP contribution is 2.38. The van der Waals surface area contributed by atoms with Crippen LogP contribution in [0.3, 0.4) is 0 Å². The number of nitrogens with zero attached hydrogens (tertiary/aromatic N) is 3. The molecule has 0 saturated carbocycles. The summed E-state index contributed by atoms with van der Waals surface area (Å²) in [6.45, 7) is 0.399. The second-order valence-electron chi connectivity index (χ2n) is 10.1. The van der Waals surface area contributed by atoms with Crippen LogP contribution in [-0.4, -0.2) is 39.0 Å². The first-order chi connectivity index (χ1) is 21.9. The molecule has 3 aromatic carbocycles. The van der Waals surface area contributed by atoms with E-state index in [0.717, 1.165) is 16.8 Å². The minimum absolute atomic E-state index is 0.0134. The Hall–Kier alpha value is -5.53. The Morgan fingerprint density at radius 2 is 1.52 bits per heavy atom. The second-order valence-corrected chi connectivity index (χ2v) is 10.1. The number of phenols is 1. The van der Waals surface area contributed by atoms with Gasteiger partial charge in [0.2, 0.25) is 0 Å². The van der Waals surface area contributed by atoms with E-state index in [4.69, 9.17) is 5.10 Å². The summed E-state index contributed by atoms with van der Waals surface area (Å²) in [5.41, 5.74) is 0.0510. The fourth-order valence-electron chi connectivity index (χ4n) is 4.57. The van der Waals surface area contributed by atoms with Crippen LogP contribution in [0.5, 0.6) is 5.75 Å². The van der Waals surface area contributed by atoms with Crippen molar-refractivity contribution in [1.82, 2.24) is 20.1 Å². The Bertz CT molecular complexity index is 1790. The van der Waals surface area contributed by atoms with Gasteiger partial charge in [-0.2, -0.15) is 31.4 Å². The van der Waals surface area contributed by atoms with Crippen LogP contribution in [0.25, 0.3) is 28.1 Å². The van der Waals surface area contributed by atoms with Gasteiger partial charge in [0.05, 0.1) is 16.8 Å². The van der Waals surface area contributed by atoms with Gasteiger partial charge in [0.1, 0.15) is 17.3 Å². The maximum absolute atomic E-state index is 13.1. The zero-order chi connectivity index (χ0) is 32.9. The molecule has 2 amide bonds. The largest absolute Gasteiger partial charge is 0.508 e. The highest BCUT2D eigenvalue weighted by Gasteiger charge is 2.37. The van der Waals surface area contributed by atoms with E-state index in [1.165, 1.54) is 0 Å². The molecule has 238 valence electrons. The predicted octanol–water partition coefficient (Wildman–Crippen LogP) is 7.97. The summed E-state index contributed by atoms with van der Waals surface area (Å²) in [6.07, 6.45) is -6.21. The van der Waals surface area contributed by atoms with E-state index >= 15 is 0 Å². The van der Waals surface area contributed by atoms with Crippen molar-refractivity contribution in [3.05, 3.63) is 108 Å². The van der Waals surface area contributed by atoms with Crippen LogP contribution in [0.2, 0.25) is 0 Å². The van der Waals surface area contributed by atoms with Crippen LogP contribution in [0.15, 0.2) is 97.3 Å². The lowest BCUT2D eigenvalue weighted by molar-refractivity contribution is -0.143. The lowest BCUT2D eigenvalue weighted by Crippen LogP contribution is -2.30. The number of aromatic hydroxyl groups is 1. The van der Waals surface area contributed by atoms with Crippen molar-refractivity contribution in [3.8, 4) is 33.8 Å². The Morgan fingerprint density at radius 1 is 0.804 bits per heavy atom. The van der Waals surface area contributed by atoms with Gasteiger partial charge in [-0.25, -0.2) is 14.5 Å². The minimum Gasteiger partial charge on any atom is -0.508 e. The van der Waals surface area contributed by atoms with Crippen molar-refractivity contribution in [2.45, 2.75) is 18.8 Å². The van der Waals surface area contributed by atoms with Crippen molar-refractivity contribution in [1.29, 1.82) is 0 Å². The molecule has 0 bridgehead atoms. The number of hydrogen-bond acceptors (Lipinski definition) is 5. The van der Waals surface area contributed by atoms with Crippen LogP contribution in [0.1, 0.15) is 17.5 Å². The summed E-state index contributed by atoms with van der Waals surface area (Å²) in [5.74, 6) is 0.609. The van der Waals surface area contributed by atoms with Gasteiger partial charge >= 0.3 is 18.4 Å². The predicted molar refractivity (Wildman–Crippen MR) is 160 cm³/mol. The lowest BCUT2D eigenvalue weighted by Gasteiger charge is -2.15. The molecule has 4 N–H and O–H groups in total.